The molecule has 4 rings (SSSR count). The Morgan fingerprint density at radius 1 is 0.690 bits per heavy atom. The molecule has 1 aliphatic rings. The second kappa shape index (κ2) is 9.07. The van der Waals surface area contributed by atoms with E-state index in [1.807, 2.05) is 6.07 Å². The molecule has 2 heteroatoms. The van der Waals surface area contributed by atoms with Gasteiger partial charge in [0.2, 0.25) is 0 Å². The molecule has 0 aliphatic heterocycles. The molecule has 3 aromatic rings. The van der Waals surface area contributed by atoms with Crippen LogP contribution < -0.4 is 0 Å². The van der Waals surface area contributed by atoms with Gasteiger partial charge in [-0.15, -0.1) is 0 Å². The van der Waals surface area contributed by atoms with E-state index in [0.29, 0.717) is 5.56 Å². The number of rotatable bonds is 6. The topological polar surface area (TPSA) is 0 Å². The molecule has 0 bridgehead atoms. The van der Waals surface area contributed by atoms with Crippen LogP contribution in [-0.4, -0.2) is 0 Å². The quantitative estimate of drug-likeness (QED) is 0.395. The summed E-state index contributed by atoms with van der Waals surface area (Å²) >= 11 is 0. The molecule has 152 valence electrons. The van der Waals surface area contributed by atoms with Gasteiger partial charge in [-0.1, -0.05) is 81.8 Å². The summed E-state index contributed by atoms with van der Waals surface area (Å²) in [4.78, 5) is 0. The Bertz CT molecular complexity index is 967. The van der Waals surface area contributed by atoms with E-state index in [-0.39, 0.29) is 0 Å². The maximum atomic E-state index is 13.6. The molecule has 0 atom stereocenters. The van der Waals surface area contributed by atoms with Crippen molar-refractivity contribution in [3.63, 3.8) is 0 Å². The van der Waals surface area contributed by atoms with Gasteiger partial charge in [0.05, 0.1) is 0 Å². The fraction of sp³-hybridized carbons (Fsp3) is 0.407. The molecule has 0 saturated heterocycles. The molecule has 0 N–H and O–H groups in total. The highest BCUT2D eigenvalue weighted by molar-refractivity contribution is 5.87. The maximum Gasteiger partial charge on any atom is 0.159 e. The van der Waals surface area contributed by atoms with Crippen molar-refractivity contribution < 1.29 is 8.78 Å². The minimum absolute atomic E-state index is 0.702. The Kier molecular flexibility index (Phi) is 6.28. The monoisotopic (exact) mass is 392 g/mol. The molecule has 1 saturated carbocycles. The Morgan fingerprint density at radius 3 is 2.03 bits per heavy atom. The van der Waals surface area contributed by atoms with Gasteiger partial charge < -0.3 is 0 Å². The Balaban J connectivity index is 1.41. The summed E-state index contributed by atoms with van der Waals surface area (Å²) in [6.07, 6.45) is 10.8. The molecule has 1 fully saturated rings. The molecule has 0 amide bonds. The number of benzene rings is 3. The molecule has 3 aromatic carbocycles. The van der Waals surface area contributed by atoms with Crippen LogP contribution in [0.5, 0.6) is 0 Å². The summed E-state index contributed by atoms with van der Waals surface area (Å²) in [6.45, 7) is 2.30. The van der Waals surface area contributed by atoms with Crippen LogP contribution in [-0.2, 0) is 6.42 Å². The van der Waals surface area contributed by atoms with Crippen LogP contribution in [0.15, 0.2) is 54.6 Å². The highest BCUT2D eigenvalue weighted by Gasteiger charge is 2.20. The third-order valence-corrected chi connectivity index (χ3v) is 6.66. The molecule has 0 nitrogen and oxygen atoms in total. The van der Waals surface area contributed by atoms with Crippen molar-refractivity contribution in [1.29, 1.82) is 0 Å². The van der Waals surface area contributed by atoms with E-state index in [0.717, 1.165) is 29.2 Å². The average Bonchev–Trinajstić information content (AvgIpc) is 2.75. The third kappa shape index (κ3) is 4.86. The van der Waals surface area contributed by atoms with Crippen LogP contribution in [0.2, 0.25) is 0 Å². The zero-order chi connectivity index (χ0) is 20.2. The van der Waals surface area contributed by atoms with Gasteiger partial charge in [0.25, 0.3) is 0 Å². The average molecular weight is 393 g/mol. The van der Waals surface area contributed by atoms with E-state index in [1.54, 1.807) is 6.07 Å². The van der Waals surface area contributed by atoms with Crippen LogP contribution in [0.1, 0.15) is 57.4 Å². The lowest BCUT2D eigenvalue weighted by molar-refractivity contribution is 0.252. The molecule has 0 heterocycles. The first kappa shape index (κ1) is 20.1. The van der Waals surface area contributed by atoms with E-state index in [4.69, 9.17) is 0 Å². The Labute approximate surface area is 173 Å². The van der Waals surface area contributed by atoms with Gasteiger partial charge in [0, 0.05) is 0 Å². The molecular formula is C27H30F2. The van der Waals surface area contributed by atoms with Crippen molar-refractivity contribution in [2.75, 3.05) is 0 Å². The van der Waals surface area contributed by atoms with E-state index in [2.05, 4.69) is 37.3 Å². The summed E-state index contributed by atoms with van der Waals surface area (Å²) < 4.78 is 26.8. The van der Waals surface area contributed by atoms with Crippen molar-refractivity contribution in [3.8, 4) is 11.1 Å². The van der Waals surface area contributed by atoms with E-state index in [1.165, 1.54) is 68.0 Å². The van der Waals surface area contributed by atoms with Crippen molar-refractivity contribution in [2.24, 2.45) is 11.8 Å². The molecule has 29 heavy (non-hydrogen) atoms. The molecular weight excluding hydrogens is 362 g/mol. The van der Waals surface area contributed by atoms with Gasteiger partial charge in [-0.25, -0.2) is 8.78 Å². The van der Waals surface area contributed by atoms with Crippen molar-refractivity contribution in [2.45, 2.75) is 58.3 Å². The first-order valence-corrected chi connectivity index (χ1v) is 11.1. The zero-order valence-electron chi connectivity index (χ0n) is 17.3. The molecule has 0 radical (unpaired) electrons. The first-order chi connectivity index (χ1) is 14.1. The largest absolute Gasteiger partial charge is 0.204 e. The number of halogens is 2. The van der Waals surface area contributed by atoms with Gasteiger partial charge in [0.15, 0.2) is 11.6 Å². The molecule has 0 spiro atoms. The number of hydrogen-bond acceptors (Lipinski definition) is 0. The highest BCUT2D eigenvalue weighted by Crippen LogP contribution is 2.34. The van der Waals surface area contributed by atoms with Gasteiger partial charge in [-0.3, -0.25) is 0 Å². The number of hydrogen-bond donors (Lipinski definition) is 0. The van der Waals surface area contributed by atoms with Crippen LogP contribution in [0.3, 0.4) is 0 Å². The zero-order valence-corrected chi connectivity index (χ0v) is 17.3. The highest BCUT2D eigenvalue weighted by atomic mass is 19.2. The SMILES string of the molecule is CCC[C@H]1CC[C@H](CCc2ccc3cc(-c4ccc(F)c(F)c4)ccc3c2)CC1. The smallest absolute Gasteiger partial charge is 0.159 e. The number of aryl methyl sites for hydroxylation is 1. The van der Waals surface area contributed by atoms with Gasteiger partial charge in [0.1, 0.15) is 0 Å². The van der Waals surface area contributed by atoms with Crippen molar-refractivity contribution in [1.82, 2.24) is 0 Å². The molecule has 0 aromatic heterocycles. The maximum absolute atomic E-state index is 13.6. The minimum Gasteiger partial charge on any atom is -0.204 e. The third-order valence-electron chi connectivity index (χ3n) is 6.66. The van der Waals surface area contributed by atoms with Crippen LogP contribution in [0.25, 0.3) is 21.9 Å². The fourth-order valence-corrected chi connectivity index (χ4v) is 4.89. The molecule has 1 aliphatic carbocycles. The molecule has 0 unspecified atom stereocenters. The standard InChI is InChI=1S/C27H30F2/c1-2-3-19-4-6-20(7-5-19)8-9-21-10-11-23-17-24(13-12-22(23)16-21)25-14-15-26(28)27(29)18-25/h10-20H,2-9H2,1H3/t19-,20-. The van der Waals surface area contributed by atoms with Gasteiger partial charge in [-0.05, 0) is 70.3 Å². The van der Waals surface area contributed by atoms with Crippen LogP contribution in [0.4, 0.5) is 8.78 Å². The predicted octanol–water partition coefficient (Wildman–Crippen LogP) is 8.32. The van der Waals surface area contributed by atoms with Crippen LogP contribution in [0, 0.1) is 23.5 Å². The lowest BCUT2D eigenvalue weighted by Crippen LogP contribution is -2.15. The van der Waals surface area contributed by atoms with E-state index < -0.39 is 11.6 Å². The Morgan fingerprint density at radius 2 is 1.31 bits per heavy atom. The summed E-state index contributed by atoms with van der Waals surface area (Å²) in [7, 11) is 0. The predicted molar refractivity (Wildman–Crippen MR) is 118 cm³/mol. The second-order valence-electron chi connectivity index (χ2n) is 8.74. The van der Waals surface area contributed by atoms with Crippen molar-refractivity contribution in [3.05, 3.63) is 71.8 Å². The summed E-state index contributed by atoms with van der Waals surface area (Å²) in [5.74, 6) is 0.245. The van der Waals surface area contributed by atoms with E-state index in [9.17, 15) is 8.78 Å². The lowest BCUT2D eigenvalue weighted by atomic mass is 9.78. The summed E-state index contributed by atoms with van der Waals surface area (Å²) in [6, 6.07) is 16.9. The second-order valence-corrected chi connectivity index (χ2v) is 8.74. The van der Waals surface area contributed by atoms with Gasteiger partial charge >= 0.3 is 0 Å². The van der Waals surface area contributed by atoms with Crippen molar-refractivity contribution >= 4 is 10.8 Å². The number of fused-ring (bicyclic) bond motifs is 1. The summed E-state index contributed by atoms with van der Waals surface area (Å²) in [5.41, 5.74) is 3.01. The van der Waals surface area contributed by atoms with Crippen LogP contribution >= 0.6 is 0 Å². The van der Waals surface area contributed by atoms with E-state index >= 15 is 0 Å². The van der Waals surface area contributed by atoms with Gasteiger partial charge in [-0.2, -0.15) is 0 Å². The normalized spacial score (nSPS) is 19.6. The Hall–Kier alpha value is -2.22. The first-order valence-electron chi connectivity index (χ1n) is 11.1. The summed E-state index contributed by atoms with van der Waals surface area (Å²) in [5, 5.41) is 2.34. The fourth-order valence-electron chi connectivity index (χ4n) is 4.89. The lowest BCUT2D eigenvalue weighted by Gasteiger charge is -2.28. The minimum atomic E-state index is -0.807.